The second-order valence-electron chi connectivity index (χ2n) is 5.94. The van der Waals surface area contributed by atoms with Crippen molar-refractivity contribution in [2.75, 3.05) is 26.3 Å². The lowest BCUT2D eigenvalue weighted by molar-refractivity contribution is 0.000577. The van der Waals surface area contributed by atoms with Gasteiger partial charge in [-0.2, -0.15) is 0 Å². The van der Waals surface area contributed by atoms with Crippen molar-refractivity contribution in [2.24, 2.45) is 0 Å². The first-order valence-corrected chi connectivity index (χ1v) is 8.18. The Hall–Kier alpha value is -1.76. The topological polar surface area (TPSA) is 67.1 Å². The number of likely N-dealkylation sites (tertiary alicyclic amines) is 1. The van der Waals surface area contributed by atoms with Crippen LogP contribution >= 0.6 is 0 Å². The van der Waals surface area contributed by atoms with Crippen LogP contribution in [0, 0.1) is 0 Å². The van der Waals surface area contributed by atoms with E-state index in [2.05, 4.69) is 9.88 Å². The molecule has 0 aliphatic carbocycles. The molecule has 0 unspecified atom stereocenters. The van der Waals surface area contributed by atoms with E-state index in [9.17, 15) is 4.79 Å². The van der Waals surface area contributed by atoms with E-state index in [4.69, 9.17) is 9.84 Å². The van der Waals surface area contributed by atoms with Gasteiger partial charge in [-0.05, 0) is 31.4 Å². The summed E-state index contributed by atoms with van der Waals surface area (Å²) in [6.07, 6.45) is 4.69. The number of pyridine rings is 1. The van der Waals surface area contributed by atoms with Gasteiger partial charge in [0, 0.05) is 45.1 Å². The predicted molar refractivity (Wildman–Crippen MR) is 87.4 cm³/mol. The third-order valence-electron chi connectivity index (χ3n) is 4.20. The molecule has 6 nitrogen and oxygen atoms in total. The molecule has 6 heteroatoms. The fraction of sp³-hybridized carbons (Fsp3) is 0.529. The normalized spacial score (nSPS) is 16.9. The summed E-state index contributed by atoms with van der Waals surface area (Å²) in [6.45, 7) is 3.40. The molecule has 1 aliphatic heterocycles. The van der Waals surface area contributed by atoms with E-state index in [-0.39, 0.29) is 18.3 Å². The van der Waals surface area contributed by atoms with Crippen LogP contribution in [-0.2, 0) is 11.3 Å². The number of aromatic nitrogens is 2. The van der Waals surface area contributed by atoms with E-state index in [1.54, 1.807) is 16.7 Å². The summed E-state index contributed by atoms with van der Waals surface area (Å²) in [4.78, 5) is 19.0. The van der Waals surface area contributed by atoms with Crippen LogP contribution in [0.5, 0.6) is 0 Å². The smallest absolute Gasteiger partial charge is 0.258 e. The minimum Gasteiger partial charge on any atom is -0.396 e. The number of fused-ring (bicyclic) bond motifs is 1. The second-order valence-corrected chi connectivity index (χ2v) is 5.94. The fourth-order valence-electron chi connectivity index (χ4n) is 2.96. The number of ether oxygens (including phenoxy) is 1. The zero-order valence-electron chi connectivity index (χ0n) is 13.2. The van der Waals surface area contributed by atoms with Crippen LogP contribution in [0.4, 0.5) is 0 Å². The van der Waals surface area contributed by atoms with Gasteiger partial charge in [0.2, 0.25) is 0 Å². The third kappa shape index (κ3) is 4.16. The van der Waals surface area contributed by atoms with Gasteiger partial charge < -0.3 is 9.84 Å². The van der Waals surface area contributed by atoms with Crippen molar-refractivity contribution < 1.29 is 9.84 Å². The molecule has 1 fully saturated rings. The van der Waals surface area contributed by atoms with Crippen molar-refractivity contribution >= 4 is 5.65 Å². The van der Waals surface area contributed by atoms with Crippen LogP contribution in [0.25, 0.3) is 5.65 Å². The molecule has 0 atom stereocenters. The largest absolute Gasteiger partial charge is 0.396 e. The van der Waals surface area contributed by atoms with Gasteiger partial charge in [0.1, 0.15) is 5.65 Å². The Labute approximate surface area is 135 Å². The maximum absolute atomic E-state index is 12.1. The molecule has 3 rings (SSSR count). The van der Waals surface area contributed by atoms with Crippen molar-refractivity contribution in [3.8, 4) is 0 Å². The average molecular weight is 317 g/mol. The Balaban J connectivity index is 1.58. The Kier molecular flexibility index (Phi) is 5.38. The van der Waals surface area contributed by atoms with Crippen LogP contribution in [0.3, 0.4) is 0 Å². The maximum atomic E-state index is 12.1. The van der Waals surface area contributed by atoms with Gasteiger partial charge in [-0.3, -0.25) is 14.1 Å². The zero-order valence-corrected chi connectivity index (χ0v) is 13.2. The molecule has 0 saturated carbocycles. The SMILES string of the molecule is O=c1cc(CN2CCC(OCCCO)CC2)nc2ccccn12. The number of nitrogens with zero attached hydrogens (tertiary/aromatic N) is 3. The number of aliphatic hydroxyl groups is 1. The van der Waals surface area contributed by atoms with E-state index >= 15 is 0 Å². The van der Waals surface area contributed by atoms with Crippen molar-refractivity contribution in [3.05, 3.63) is 46.5 Å². The molecule has 0 spiro atoms. The average Bonchev–Trinajstić information content (AvgIpc) is 2.57. The lowest BCUT2D eigenvalue weighted by Gasteiger charge is -2.31. The minimum atomic E-state index is -0.0344. The maximum Gasteiger partial charge on any atom is 0.258 e. The Morgan fingerprint density at radius 2 is 2.13 bits per heavy atom. The molecule has 0 radical (unpaired) electrons. The predicted octanol–water partition coefficient (Wildman–Crippen LogP) is 1.06. The van der Waals surface area contributed by atoms with E-state index in [1.807, 2.05) is 18.2 Å². The van der Waals surface area contributed by atoms with Gasteiger partial charge in [-0.25, -0.2) is 4.98 Å². The highest BCUT2D eigenvalue weighted by molar-refractivity contribution is 5.37. The summed E-state index contributed by atoms with van der Waals surface area (Å²) in [5, 5.41) is 8.78. The molecule has 2 aromatic heterocycles. The molecule has 0 amide bonds. The summed E-state index contributed by atoms with van der Waals surface area (Å²) in [7, 11) is 0. The summed E-state index contributed by atoms with van der Waals surface area (Å²) >= 11 is 0. The monoisotopic (exact) mass is 317 g/mol. The molecule has 2 aromatic rings. The molecule has 1 aliphatic rings. The van der Waals surface area contributed by atoms with E-state index in [0.717, 1.165) is 31.6 Å². The summed E-state index contributed by atoms with van der Waals surface area (Å²) < 4.78 is 7.30. The van der Waals surface area contributed by atoms with Gasteiger partial charge in [-0.15, -0.1) is 0 Å². The minimum absolute atomic E-state index is 0.0344. The molecular weight excluding hydrogens is 294 g/mol. The van der Waals surface area contributed by atoms with Gasteiger partial charge in [0.25, 0.3) is 5.56 Å². The summed E-state index contributed by atoms with van der Waals surface area (Å²) in [6, 6.07) is 7.20. The lowest BCUT2D eigenvalue weighted by Crippen LogP contribution is -2.37. The Morgan fingerprint density at radius 1 is 1.30 bits per heavy atom. The Morgan fingerprint density at radius 3 is 2.91 bits per heavy atom. The van der Waals surface area contributed by atoms with Crippen LogP contribution in [0.1, 0.15) is 25.0 Å². The summed E-state index contributed by atoms with van der Waals surface area (Å²) in [5.41, 5.74) is 1.48. The number of piperidine rings is 1. The fourth-order valence-corrected chi connectivity index (χ4v) is 2.96. The van der Waals surface area contributed by atoms with Gasteiger partial charge >= 0.3 is 0 Å². The molecule has 3 heterocycles. The van der Waals surface area contributed by atoms with Crippen molar-refractivity contribution in [2.45, 2.75) is 31.9 Å². The van der Waals surface area contributed by atoms with Crippen LogP contribution in [0.15, 0.2) is 35.3 Å². The standard InChI is InChI=1S/C17H23N3O3/c21-10-3-11-23-15-5-8-19(9-6-15)13-14-12-17(22)20-7-2-1-4-16(20)18-14/h1-2,4,7,12,15,21H,3,5-6,8-11,13H2. The van der Waals surface area contributed by atoms with Crippen LogP contribution in [0.2, 0.25) is 0 Å². The number of rotatable bonds is 6. The zero-order chi connectivity index (χ0) is 16.1. The highest BCUT2D eigenvalue weighted by Gasteiger charge is 2.20. The lowest BCUT2D eigenvalue weighted by atomic mass is 10.1. The highest BCUT2D eigenvalue weighted by atomic mass is 16.5. The second kappa shape index (κ2) is 7.68. The molecule has 124 valence electrons. The highest BCUT2D eigenvalue weighted by Crippen LogP contribution is 2.15. The molecular formula is C17H23N3O3. The molecule has 1 saturated heterocycles. The molecule has 0 bridgehead atoms. The third-order valence-corrected chi connectivity index (χ3v) is 4.20. The Bertz CT molecular complexity index is 693. The van der Waals surface area contributed by atoms with Gasteiger partial charge in [0.05, 0.1) is 11.8 Å². The van der Waals surface area contributed by atoms with E-state index < -0.39 is 0 Å². The first-order chi connectivity index (χ1) is 11.3. The molecule has 1 N–H and O–H groups in total. The van der Waals surface area contributed by atoms with Crippen molar-refractivity contribution in [1.82, 2.24) is 14.3 Å². The van der Waals surface area contributed by atoms with Crippen molar-refractivity contribution in [1.29, 1.82) is 0 Å². The van der Waals surface area contributed by atoms with E-state index in [0.29, 0.717) is 25.2 Å². The van der Waals surface area contributed by atoms with Gasteiger partial charge in [0.15, 0.2) is 0 Å². The quantitative estimate of drug-likeness (QED) is 0.807. The van der Waals surface area contributed by atoms with Crippen LogP contribution < -0.4 is 5.56 Å². The van der Waals surface area contributed by atoms with Gasteiger partial charge in [-0.1, -0.05) is 6.07 Å². The van der Waals surface area contributed by atoms with Crippen LogP contribution in [-0.4, -0.2) is 51.8 Å². The summed E-state index contributed by atoms with van der Waals surface area (Å²) in [5.74, 6) is 0. The first kappa shape index (κ1) is 16.1. The molecule has 23 heavy (non-hydrogen) atoms. The number of hydrogen-bond acceptors (Lipinski definition) is 5. The van der Waals surface area contributed by atoms with E-state index in [1.165, 1.54) is 0 Å². The number of hydrogen-bond donors (Lipinski definition) is 1. The number of aliphatic hydroxyl groups excluding tert-OH is 1. The molecule has 0 aromatic carbocycles. The van der Waals surface area contributed by atoms with Crippen molar-refractivity contribution in [3.63, 3.8) is 0 Å². The first-order valence-electron chi connectivity index (χ1n) is 8.18.